The Morgan fingerprint density at radius 3 is 2.95 bits per heavy atom. The van der Waals surface area contributed by atoms with E-state index in [4.69, 9.17) is 12.2 Å². The van der Waals surface area contributed by atoms with E-state index >= 15 is 0 Å². The van der Waals surface area contributed by atoms with Crippen LogP contribution in [0.2, 0.25) is 0 Å². The Bertz CT molecular complexity index is 772. The lowest BCUT2D eigenvalue weighted by molar-refractivity contribution is 0.265. The molecule has 96 valence electrons. The summed E-state index contributed by atoms with van der Waals surface area (Å²) in [6, 6.07) is 9.95. The first-order valence-electron chi connectivity index (χ1n) is 5.87. The molecule has 1 aromatic carbocycles. The van der Waals surface area contributed by atoms with Gasteiger partial charge < -0.3 is 5.11 Å². The van der Waals surface area contributed by atoms with Gasteiger partial charge in [-0.05, 0) is 23.8 Å². The zero-order valence-corrected chi connectivity index (χ0v) is 10.9. The number of hydrogen-bond acceptors (Lipinski definition) is 4. The zero-order valence-electron chi connectivity index (χ0n) is 10.1. The topological polar surface area (TPSA) is 66.7 Å². The van der Waals surface area contributed by atoms with Gasteiger partial charge in [0.05, 0.1) is 12.1 Å². The monoisotopic (exact) mass is 272 g/mol. The Hall–Kier alpha value is -2.05. The minimum absolute atomic E-state index is 0.147. The van der Waals surface area contributed by atoms with Gasteiger partial charge in [0, 0.05) is 11.6 Å². The van der Waals surface area contributed by atoms with Crippen molar-refractivity contribution in [3.63, 3.8) is 0 Å². The molecule has 0 aliphatic heterocycles. The highest BCUT2D eigenvalue weighted by atomic mass is 32.1. The highest BCUT2D eigenvalue weighted by molar-refractivity contribution is 7.71. The van der Waals surface area contributed by atoms with Crippen LogP contribution in [0.3, 0.4) is 0 Å². The summed E-state index contributed by atoms with van der Waals surface area (Å²) >= 11 is 5.17. The highest BCUT2D eigenvalue weighted by Gasteiger charge is 2.08. The number of fused-ring (bicyclic) bond motifs is 1. The fourth-order valence-corrected chi connectivity index (χ4v) is 2.31. The van der Waals surface area contributed by atoms with Crippen molar-refractivity contribution in [3.8, 4) is 0 Å². The molecule has 0 aliphatic carbocycles. The van der Waals surface area contributed by atoms with E-state index in [-0.39, 0.29) is 6.61 Å². The largest absolute Gasteiger partial charge is 0.388 e. The SMILES string of the molecule is OCc1n[nH]c(=S)n1Cc1cccc2cccnc12. The Balaban J connectivity index is 2.11. The maximum atomic E-state index is 9.26. The van der Waals surface area contributed by atoms with Crippen LogP contribution in [0, 0.1) is 4.77 Å². The summed E-state index contributed by atoms with van der Waals surface area (Å²) < 4.78 is 2.27. The van der Waals surface area contributed by atoms with Crippen molar-refractivity contribution >= 4 is 23.1 Å². The Kier molecular flexibility index (Phi) is 3.10. The third kappa shape index (κ3) is 2.16. The third-order valence-corrected chi connectivity index (χ3v) is 3.34. The number of nitrogens with one attached hydrogen (secondary N) is 1. The van der Waals surface area contributed by atoms with Gasteiger partial charge in [0.15, 0.2) is 10.6 Å². The summed E-state index contributed by atoms with van der Waals surface area (Å²) in [6.45, 7) is 0.394. The molecule has 2 heterocycles. The summed E-state index contributed by atoms with van der Waals surface area (Å²) in [4.78, 5) is 4.41. The molecule has 0 unspecified atom stereocenters. The molecule has 3 rings (SSSR count). The number of aromatic nitrogens is 4. The number of para-hydroxylation sites is 1. The smallest absolute Gasteiger partial charge is 0.195 e. The van der Waals surface area contributed by atoms with Crippen LogP contribution in [0.25, 0.3) is 10.9 Å². The first kappa shape index (κ1) is 12.0. The standard InChI is InChI=1S/C13H12N4OS/c18-8-11-15-16-13(19)17(11)7-10-4-1-3-9-5-2-6-14-12(9)10/h1-6,18H,7-8H2,(H,16,19). The van der Waals surface area contributed by atoms with Crippen molar-refractivity contribution < 1.29 is 5.11 Å². The molecule has 0 atom stereocenters. The maximum absolute atomic E-state index is 9.26. The Labute approximate surface area is 114 Å². The number of H-pyrrole nitrogens is 1. The van der Waals surface area contributed by atoms with E-state index < -0.39 is 0 Å². The maximum Gasteiger partial charge on any atom is 0.195 e. The molecule has 0 radical (unpaired) electrons. The van der Waals surface area contributed by atoms with Crippen LogP contribution in [0.5, 0.6) is 0 Å². The molecule has 0 spiro atoms. The molecule has 0 saturated carbocycles. The first-order chi connectivity index (χ1) is 9.29. The molecular weight excluding hydrogens is 260 g/mol. The molecule has 0 saturated heterocycles. The van der Waals surface area contributed by atoms with Crippen molar-refractivity contribution in [3.05, 3.63) is 52.7 Å². The number of hydrogen-bond donors (Lipinski definition) is 2. The first-order valence-corrected chi connectivity index (χ1v) is 6.28. The molecule has 6 heteroatoms. The molecular formula is C13H12N4OS. The Morgan fingerprint density at radius 1 is 1.26 bits per heavy atom. The van der Waals surface area contributed by atoms with Gasteiger partial charge in [-0.3, -0.25) is 14.6 Å². The van der Waals surface area contributed by atoms with Crippen LogP contribution < -0.4 is 0 Å². The number of aromatic amines is 1. The number of nitrogens with zero attached hydrogens (tertiary/aromatic N) is 3. The predicted molar refractivity (Wildman–Crippen MR) is 74.2 cm³/mol. The van der Waals surface area contributed by atoms with Crippen molar-refractivity contribution in [1.29, 1.82) is 0 Å². The second kappa shape index (κ2) is 4.91. The van der Waals surface area contributed by atoms with Gasteiger partial charge >= 0.3 is 0 Å². The Morgan fingerprint density at radius 2 is 2.11 bits per heavy atom. The lowest BCUT2D eigenvalue weighted by Crippen LogP contribution is -2.06. The van der Waals surface area contributed by atoms with Crippen molar-refractivity contribution in [2.45, 2.75) is 13.2 Å². The summed E-state index contributed by atoms with van der Waals surface area (Å²) in [5, 5.41) is 17.0. The van der Waals surface area contributed by atoms with Crippen molar-refractivity contribution in [2.24, 2.45) is 0 Å². The molecule has 19 heavy (non-hydrogen) atoms. The van der Waals surface area contributed by atoms with Crippen LogP contribution in [0.4, 0.5) is 0 Å². The molecule has 0 bridgehead atoms. The summed E-state index contributed by atoms with van der Waals surface area (Å²) in [5.41, 5.74) is 1.99. The number of pyridine rings is 1. The molecule has 3 aromatic rings. The second-order valence-corrected chi connectivity index (χ2v) is 4.57. The normalized spacial score (nSPS) is 11.0. The lowest BCUT2D eigenvalue weighted by Gasteiger charge is -2.08. The van der Waals surface area contributed by atoms with E-state index in [2.05, 4.69) is 15.2 Å². The minimum Gasteiger partial charge on any atom is -0.388 e. The molecule has 2 N–H and O–H groups in total. The molecule has 0 amide bonds. The van der Waals surface area contributed by atoms with Crippen LogP contribution in [0.1, 0.15) is 11.4 Å². The van der Waals surface area contributed by atoms with Crippen LogP contribution in [-0.2, 0) is 13.2 Å². The molecule has 0 aliphatic rings. The number of aliphatic hydroxyl groups is 1. The van der Waals surface area contributed by atoms with Gasteiger partial charge in [0.1, 0.15) is 6.61 Å². The van der Waals surface area contributed by atoms with E-state index in [1.807, 2.05) is 30.3 Å². The number of aliphatic hydroxyl groups excluding tert-OH is 1. The zero-order chi connectivity index (χ0) is 13.2. The van der Waals surface area contributed by atoms with Gasteiger partial charge in [-0.15, -0.1) is 0 Å². The average Bonchev–Trinajstić information content (AvgIpc) is 2.80. The van der Waals surface area contributed by atoms with E-state index in [0.717, 1.165) is 16.5 Å². The highest BCUT2D eigenvalue weighted by Crippen LogP contribution is 2.17. The summed E-state index contributed by atoms with van der Waals surface area (Å²) in [7, 11) is 0. The fraction of sp³-hybridized carbons (Fsp3) is 0.154. The minimum atomic E-state index is -0.147. The molecule has 2 aromatic heterocycles. The van der Waals surface area contributed by atoms with E-state index in [1.54, 1.807) is 10.8 Å². The second-order valence-electron chi connectivity index (χ2n) is 4.18. The number of rotatable bonds is 3. The van der Waals surface area contributed by atoms with E-state index in [0.29, 0.717) is 17.1 Å². The fourth-order valence-electron chi connectivity index (χ4n) is 2.10. The van der Waals surface area contributed by atoms with Crippen LogP contribution >= 0.6 is 12.2 Å². The molecule has 0 fully saturated rings. The predicted octanol–water partition coefficient (Wildman–Crippen LogP) is 2.03. The van der Waals surface area contributed by atoms with Gasteiger partial charge in [0.2, 0.25) is 0 Å². The van der Waals surface area contributed by atoms with E-state index in [9.17, 15) is 5.11 Å². The van der Waals surface area contributed by atoms with Gasteiger partial charge in [-0.1, -0.05) is 24.3 Å². The van der Waals surface area contributed by atoms with Crippen molar-refractivity contribution in [1.82, 2.24) is 19.7 Å². The third-order valence-electron chi connectivity index (χ3n) is 3.02. The number of benzene rings is 1. The quantitative estimate of drug-likeness (QED) is 0.716. The van der Waals surface area contributed by atoms with Crippen LogP contribution in [-0.4, -0.2) is 24.9 Å². The summed E-state index contributed by atoms with van der Waals surface area (Å²) in [5.74, 6) is 0.526. The van der Waals surface area contributed by atoms with Crippen molar-refractivity contribution in [2.75, 3.05) is 0 Å². The van der Waals surface area contributed by atoms with Gasteiger partial charge in [0.25, 0.3) is 0 Å². The summed E-state index contributed by atoms with van der Waals surface area (Å²) in [6.07, 6.45) is 1.77. The van der Waals surface area contributed by atoms with Crippen LogP contribution in [0.15, 0.2) is 36.5 Å². The lowest BCUT2D eigenvalue weighted by atomic mass is 10.1. The van der Waals surface area contributed by atoms with Gasteiger partial charge in [-0.25, -0.2) is 0 Å². The van der Waals surface area contributed by atoms with E-state index in [1.165, 1.54) is 0 Å². The average molecular weight is 272 g/mol. The molecule has 5 nitrogen and oxygen atoms in total. The van der Waals surface area contributed by atoms with Gasteiger partial charge in [-0.2, -0.15) is 5.10 Å².